The number of nitrogens with zero attached hydrogens (tertiary/aromatic N) is 2. The summed E-state index contributed by atoms with van der Waals surface area (Å²) in [6.07, 6.45) is 3.77. The third kappa shape index (κ3) is 3.24. The maximum atomic E-state index is 4.89. The predicted octanol–water partition coefficient (Wildman–Crippen LogP) is 5.30. The van der Waals surface area contributed by atoms with Gasteiger partial charge in [0.2, 0.25) is 0 Å². The number of hydrogen-bond acceptors (Lipinski definition) is 3. The Morgan fingerprint density at radius 3 is 2.67 bits per heavy atom. The molecule has 1 unspecified atom stereocenters. The Bertz CT molecular complexity index is 835. The zero-order chi connectivity index (χ0) is 16.5. The van der Waals surface area contributed by atoms with Crippen LogP contribution in [0.15, 0.2) is 42.5 Å². The van der Waals surface area contributed by atoms with Crippen molar-refractivity contribution in [2.75, 3.05) is 13.1 Å². The smallest absolute Gasteiger partial charge is 0.0951 e. The van der Waals surface area contributed by atoms with Crippen LogP contribution in [0.1, 0.15) is 30.3 Å². The first-order valence-electron chi connectivity index (χ1n) is 8.89. The molecule has 2 aromatic carbocycles. The fourth-order valence-electron chi connectivity index (χ4n) is 3.57. The Morgan fingerprint density at radius 2 is 1.92 bits per heavy atom. The molecule has 1 aromatic heterocycles. The lowest BCUT2D eigenvalue weighted by molar-refractivity contribution is 0.272. The quantitative estimate of drug-likeness (QED) is 0.643. The molecule has 0 bridgehead atoms. The van der Waals surface area contributed by atoms with Crippen molar-refractivity contribution >= 4 is 21.6 Å². The monoisotopic (exact) mass is 336 g/mol. The first kappa shape index (κ1) is 15.8. The molecule has 0 radical (unpaired) electrons. The molecular weight excluding hydrogens is 312 g/mol. The summed E-state index contributed by atoms with van der Waals surface area (Å²) in [6, 6.07) is 16.1. The summed E-state index contributed by atoms with van der Waals surface area (Å²) in [5.41, 5.74) is 4.96. The van der Waals surface area contributed by atoms with Crippen LogP contribution in [0.4, 0.5) is 0 Å². The van der Waals surface area contributed by atoms with E-state index in [0.29, 0.717) is 0 Å². The number of thiazole rings is 1. The molecule has 1 saturated heterocycles. The lowest BCUT2D eigenvalue weighted by atomic mass is 10.0. The summed E-state index contributed by atoms with van der Waals surface area (Å²) in [7, 11) is 0. The molecule has 0 amide bonds. The van der Waals surface area contributed by atoms with Gasteiger partial charge in [0.15, 0.2) is 0 Å². The third-order valence-electron chi connectivity index (χ3n) is 5.12. The van der Waals surface area contributed by atoms with Gasteiger partial charge >= 0.3 is 0 Å². The highest BCUT2D eigenvalue weighted by atomic mass is 32.1. The van der Waals surface area contributed by atoms with E-state index in [0.717, 1.165) is 24.5 Å². The van der Waals surface area contributed by atoms with Crippen molar-refractivity contribution in [1.82, 2.24) is 9.88 Å². The largest absolute Gasteiger partial charge is 0.300 e. The van der Waals surface area contributed by atoms with Crippen LogP contribution in [-0.4, -0.2) is 29.0 Å². The van der Waals surface area contributed by atoms with Crippen molar-refractivity contribution in [2.24, 2.45) is 0 Å². The Labute approximate surface area is 148 Å². The first-order chi connectivity index (χ1) is 11.7. The van der Waals surface area contributed by atoms with E-state index in [4.69, 9.17) is 4.98 Å². The Morgan fingerprint density at radius 1 is 1.12 bits per heavy atom. The average molecular weight is 337 g/mol. The number of fused-ring (bicyclic) bond motifs is 1. The minimum absolute atomic E-state index is 0.743. The summed E-state index contributed by atoms with van der Waals surface area (Å²) in [5, 5.41) is 1.27. The molecule has 0 spiro atoms. The topological polar surface area (TPSA) is 16.1 Å². The van der Waals surface area contributed by atoms with Crippen molar-refractivity contribution in [3.63, 3.8) is 0 Å². The van der Waals surface area contributed by atoms with E-state index in [1.54, 1.807) is 0 Å². The summed E-state index contributed by atoms with van der Waals surface area (Å²) in [4.78, 5) is 7.50. The van der Waals surface area contributed by atoms with E-state index in [2.05, 4.69) is 61.2 Å². The molecule has 4 rings (SSSR count). The van der Waals surface area contributed by atoms with E-state index in [-0.39, 0.29) is 0 Å². The van der Waals surface area contributed by atoms with Gasteiger partial charge in [0.1, 0.15) is 0 Å². The van der Waals surface area contributed by atoms with Gasteiger partial charge in [-0.25, -0.2) is 4.98 Å². The van der Waals surface area contributed by atoms with Gasteiger partial charge < -0.3 is 4.90 Å². The third-order valence-corrected chi connectivity index (χ3v) is 6.22. The van der Waals surface area contributed by atoms with Gasteiger partial charge in [0.25, 0.3) is 0 Å². The zero-order valence-corrected chi connectivity index (χ0v) is 15.3. The van der Waals surface area contributed by atoms with Crippen LogP contribution < -0.4 is 0 Å². The molecule has 124 valence electrons. The van der Waals surface area contributed by atoms with Gasteiger partial charge in [-0.05, 0) is 56.5 Å². The fourth-order valence-corrected chi connectivity index (χ4v) is 4.51. The lowest BCUT2D eigenvalue weighted by Gasteiger charge is -2.19. The van der Waals surface area contributed by atoms with Crippen LogP contribution in [-0.2, 0) is 6.42 Å². The molecule has 2 nitrogen and oxygen atoms in total. The number of benzene rings is 2. The second-order valence-electron chi connectivity index (χ2n) is 6.93. The Balaban J connectivity index is 1.53. The highest BCUT2D eigenvalue weighted by Gasteiger charge is 2.20. The maximum Gasteiger partial charge on any atom is 0.0951 e. The van der Waals surface area contributed by atoms with Crippen LogP contribution in [0.5, 0.6) is 0 Å². The number of aromatic nitrogens is 1. The van der Waals surface area contributed by atoms with Crippen molar-refractivity contribution < 1.29 is 0 Å². The molecule has 1 fully saturated rings. The minimum atomic E-state index is 0.743. The zero-order valence-electron chi connectivity index (χ0n) is 14.5. The highest BCUT2D eigenvalue weighted by Crippen LogP contribution is 2.28. The van der Waals surface area contributed by atoms with Gasteiger partial charge in [-0.15, -0.1) is 11.3 Å². The molecular formula is C21H24N2S. The Hall–Kier alpha value is -1.71. The van der Waals surface area contributed by atoms with Crippen LogP contribution in [0.3, 0.4) is 0 Å². The van der Waals surface area contributed by atoms with Crippen LogP contribution in [0, 0.1) is 6.92 Å². The molecule has 2 heterocycles. The van der Waals surface area contributed by atoms with Crippen LogP contribution in [0.2, 0.25) is 0 Å². The van der Waals surface area contributed by atoms with Crippen molar-refractivity contribution in [3.8, 4) is 11.1 Å². The summed E-state index contributed by atoms with van der Waals surface area (Å²) < 4.78 is 1.30. The van der Waals surface area contributed by atoms with E-state index in [9.17, 15) is 0 Å². The van der Waals surface area contributed by atoms with E-state index in [1.807, 2.05) is 11.3 Å². The Kier molecular flexibility index (Phi) is 4.38. The summed E-state index contributed by atoms with van der Waals surface area (Å²) in [5.74, 6) is 0. The molecule has 0 N–H and O–H groups in total. The van der Waals surface area contributed by atoms with Crippen molar-refractivity contribution in [3.05, 3.63) is 53.0 Å². The standard InChI is InChI=1S/C21H24N2S/c1-15-5-7-17(8-6-15)18-9-10-20-19(14-18)22-21(24-20)11-13-23-12-3-4-16(23)2/h5-10,14,16H,3-4,11-13H2,1-2H3. The molecule has 0 saturated carbocycles. The van der Waals surface area contributed by atoms with Gasteiger partial charge in [0.05, 0.1) is 15.2 Å². The molecule has 1 aliphatic rings. The number of aryl methyl sites for hydroxylation is 1. The van der Waals surface area contributed by atoms with Gasteiger partial charge in [0, 0.05) is 19.0 Å². The number of hydrogen-bond donors (Lipinski definition) is 0. The molecule has 24 heavy (non-hydrogen) atoms. The van der Waals surface area contributed by atoms with Gasteiger partial charge in [-0.2, -0.15) is 0 Å². The first-order valence-corrected chi connectivity index (χ1v) is 9.71. The normalized spacial score (nSPS) is 18.5. The second-order valence-corrected chi connectivity index (χ2v) is 8.05. The minimum Gasteiger partial charge on any atom is -0.300 e. The van der Waals surface area contributed by atoms with Crippen molar-refractivity contribution in [1.29, 1.82) is 0 Å². The number of rotatable bonds is 4. The number of likely N-dealkylation sites (tertiary alicyclic amines) is 1. The lowest BCUT2D eigenvalue weighted by Crippen LogP contribution is -2.28. The SMILES string of the molecule is Cc1ccc(-c2ccc3sc(CCN4CCCC4C)nc3c2)cc1. The molecule has 1 atom stereocenters. The van der Waals surface area contributed by atoms with Crippen molar-refractivity contribution in [2.45, 2.75) is 39.2 Å². The van der Waals surface area contributed by atoms with E-state index >= 15 is 0 Å². The maximum absolute atomic E-state index is 4.89. The fraction of sp³-hybridized carbons (Fsp3) is 0.381. The molecule has 3 heteroatoms. The predicted molar refractivity (Wildman–Crippen MR) is 104 cm³/mol. The summed E-state index contributed by atoms with van der Waals surface area (Å²) in [6.45, 7) is 6.87. The van der Waals surface area contributed by atoms with Crippen LogP contribution >= 0.6 is 11.3 Å². The highest BCUT2D eigenvalue weighted by molar-refractivity contribution is 7.18. The van der Waals surface area contributed by atoms with E-state index in [1.165, 1.54) is 45.8 Å². The molecule has 1 aliphatic heterocycles. The summed E-state index contributed by atoms with van der Waals surface area (Å²) >= 11 is 1.85. The molecule has 3 aromatic rings. The molecule has 0 aliphatic carbocycles. The van der Waals surface area contributed by atoms with Gasteiger partial charge in [-0.1, -0.05) is 35.9 Å². The average Bonchev–Trinajstić information content (AvgIpc) is 3.18. The second kappa shape index (κ2) is 6.66. The van der Waals surface area contributed by atoms with Crippen LogP contribution in [0.25, 0.3) is 21.3 Å². The van der Waals surface area contributed by atoms with Gasteiger partial charge in [-0.3, -0.25) is 0 Å². The van der Waals surface area contributed by atoms with E-state index < -0.39 is 0 Å².